The standard InChI is InChI=1S/C20H15Cl3N2O/c21-16-11-18(23)19(12-17(16)22)24-20(26)13-25-8-6-15(7-9-25)10-14-4-2-1-3-5-14/h1-9,11-12H,10,13H2/p+1. The molecule has 3 rings (SSSR count). The second kappa shape index (κ2) is 8.54. The van der Waals surface area contributed by atoms with E-state index in [0.29, 0.717) is 20.8 Å². The van der Waals surface area contributed by atoms with E-state index in [0.717, 1.165) is 6.42 Å². The molecule has 2 aromatic carbocycles. The van der Waals surface area contributed by atoms with E-state index < -0.39 is 0 Å². The van der Waals surface area contributed by atoms with Gasteiger partial charge in [0.05, 0.1) is 20.8 Å². The van der Waals surface area contributed by atoms with E-state index in [2.05, 4.69) is 17.4 Å². The van der Waals surface area contributed by atoms with Crippen LogP contribution in [0.5, 0.6) is 0 Å². The second-order valence-corrected chi connectivity index (χ2v) is 7.06. The molecule has 1 N–H and O–H groups in total. The molecule has 0 saturated carbocycles. The van der Waals surface area contributed by atoms with Crippen LogP contribution in [-0.4, -0.2) is 5.91 Å². The van der Waals surface area contributed by atoms with Gasteiger partial charge in [-0.25, -0.2) is 0 Å². The molecule has 0 radical (unpaired) electrons. The van der Waals surface area contributed by atoms with Crippen LogP contribution in [0.1, 0.15) is 11.1 Å². The van der Waals surface area contributed by atoms with Gasteiger partial charge in [0.15, 0.2) is 12.4 Å². The average Bonchev–Trinajstić information content (AvgIpc) is 2.62. The Morgan fingerprint density at radius 3 is 2.15 bits per heavy atom. The lowest BCUT2D eigenvalue weighted by Gasteiger charge is -2.07. The van der Waals surface area contributed by atoms with E-state index in [1.807, 2.05) is 42.7 Å². The Hall–Kier alpha value is -2.07. The molecule has 3 aromatic rings. The number of halogens is 3. The quantitative estimate of drug-likeness (QED) is 0.460. The van der Waals surface area contributed by atoms with E-state index in [1.54, 1.807) is 4.57 Å². The van der Waals surface area contributed by atoms with E-state index in [1.165, 1.54) is 23.3 Å². The molecule has 0 spiro atoms. The summed E-state index contributed by atoms with van der Waals surface area (Å²) in [7, 11) is 0. The third-order valence-corrected chi connectivity index (χ3v) is 4.86. The molecule has 3 nitrogen and oxygen atoms in total. The van der Waals surface area contributed by atoms with Crippen molar-refractivity contribution in [3.63, 3.8) is 0 Å². The topological polar surface area (TPSA) is 33.0 Å². The Morgan fingerprint density at radius 2 is 1.46 bits per heavy atom. The van der Waals surface area contributed by atoms with Gasteiger partial charge in [0.1, 0.15) is 0 Å². The summed E-state index contributed by atoms with van der Waals surface area (Å²) in [5.74, 6) is -0.203. The maximum Gasteiger partial charge on any atom is 0.290 e. The highest BCUT2D eigenvalue weighted by atomic mass is 35.5. The number of nitrogens with zero attached hydrogens (tertiary/aromatic N) is 1. The van der Waals surface area contributed by atoms with E-state index in [9.17, 15) is 4.79 Å². The normalized spacial score (nSPS) is 10.6. The van der Waals surface area contributed by atoms with Gasteiger partial charge in [0, 0.05) is 12.1 Å². The Balaban J connectivity index is 1.62. The molecule has 0 aliphatic heterocycles. The first-order valence-corrected chi connectivity index (χ1v) is 9.11. The Labute approximate surface area is 167 Å². The molecular weight excluding hydrogens is 391 g/mol. The summed E-state index contributed by atoms with van der Waals surface area (Å²) in [6.45, 7) is 0.169. The van der Waals surface area contributed by atoms with Crippen molar-refractivity contribution in [2.45, 2.75) is 13.0 Å². The van der Waals surface area contributed by atoms with Crippen LogP contribution in [0.3, 0.4) is 0 Å². The van der Waals surface area contributed by atoms with Crippen LogP contribution in [0.4, 0.5) is 5.69 Å². The van der Waals surface area contributed by atoms with Crippen molar-refractivity contribution >= 4 is 46.4 Å². The van der Waals surface area contributed by atoms with Crippen LogP contribution in [0.2, 0.25) is 15.1 Å². The number of hydrogen-bond donors (Lipinski definition) is 1. The molecule has 1 amide bonds. The number of pyridine rings is 1. The number of hydrogen-bond acceptors (Lipinski definition) is 1. The van der Waals surface area contributed by atoms with E-state index in [-0.39, 0.29) is 12.5 Å². The first-order chi connectivity index (χ1) is 12.5. The minimum Gasteiger partial charge on any atom is -0.319 e. The second-order valence-electron chi connectivity index (χ2n) is 5.84. The highest BCUT2D eigenvalue weighted by molar-refractivity contribution is 6.44. The van der Waals surface area contributed by atoms with Gasteiger partial charge in [-0.15, -0.1) is 0 Å². The molecule has 1 heterocycles. The molecule has 6 heteroatoms. The van der Waals surface area contributed by atoms with E-state index >= 15 is 0 Å². The van der Waals surface area contributed by atoms with Gasteiger partial charge in [-0.2, -0.15) is 4.57 Å². The predicted octanol–water partition coefficient (Wildman–Crippen LogP) is 5.16. The van der Waals surface area contributed by atoms with Crippen molar-refractivity contribution in [2.75, 3.05) is 5.32 Å². The fourth-order valence-electron chi connectivity index (χ4n) is 2.52. The smallest absolute Gasteiger partial charge is 0.290 e. The maximum atomic E-state index is 12.2. The molecule has 26 heavy (non-hydrogen) atoms. The van der Waals surface area contributed by atoms with Crippen molar-refractivity contribution in [3.8, 4) is 0 Å². The zero-order chi connectivity index (χ0) is 18.5. The third-order valence-electron chi connectivity index (χ3n) is 3.82. The number of anilines is 1. The molecule has 0 unspecified atom stereocenters. The molecule has 0 aliphatic carbocycles. The van der Waals surface area contributed by atoms with Gasteiger partial charge in [-0.3, -0.25) is 4.79 Å². The van der Waals surface area contributed by atoms with Crippen LogP contribution in [0.25, 0.3) is 0 Å². The van der Waals surface area contributed by atoms with Crippen LogP contribution >= 0.6 is 34.8 Å². The number of rotatable bonds is 5. The Bertz CT molecular complexity index is 912. The number of aromatic nitrogens is 1. The summed E-state index contributed by atoms with van der Waals surface area (Å²) in [6, 6.07) is 17.3. The lowest BCUT2D eigenvalue weighted by atomic mass is 10.1. The van der Waals surface area contributed by atoms with Crippen LogP contribution in [-0.2, 0) is 17.8 Å². The first kappa shape index (κ1) is 18.7. The lowest BCUT2D eigenvalue weighted by Crippen LogP contribution is -2.39. The molecule has 0 bridgehead atoms. The molecular formula is C20H16Cl3N2O+. The van der Waals surface area contributed by atoms with Gasteiger partial charge in [-0.1, -0.05) is 65.1 Å². The summed E-state index contributed by atoms with van der Waals surface area (Å²) in [5, 5.41) is 3.77. The van der Waals surface area contributed by atoms with Crippen LogP contribution < -0.4 is 9.88 Å². The molecule has 0 fully saturated rings. The molecule has 1 aromatic heterocycles. The third kappa shape index (κ3) is 4.98. The first-order valence-electron chi connectivity index (χ1n) is 7.97. The Kier molecular flexibility index (Phi) is 6.15. The summed E-state index contributed by atoms with van der Waals surface area (Å²) in [6.07, 6.45) is 4.62. The molecule has 0 atom stereocenters. The zero-order valence-electron chi connectivity index (χ0n) is 13.8. The summed E-state index contributed by atoms with van der Waals surface area (Å²) >= 11 is 17.9. The van der Waals surface area contributed by atoms with Gasteiger partial charge < -0.3 is 5.32 Å². The van der Waals surface area contributed by atoms with Crippen molar-refractivity contribution < 1.29 is 9.36 Å². The fourth-order valence-corrected chi connectivity index (χ4v) is 3.11. The SMILES string of the molecule is O=C(C[n+]1ccc(Cc2ccccc2)cc1)Nc1cc(Cl)c(Cl)cc1Cl. The van der Waals surface area contributed by atoms with Crippen molar-refractivity contribution in [1.29, 1.82) is 0 Å². The van der Waals surface area contributed by atoms with E-state index in [4.69, 9.17) is 34.8 Å². The summed E-state index contributed by atoms with van der Waals surface area (Å²) in [4.78, 5) is 12.2. The van der Waals surface area contributed by atoms with Crippen LogP contribution in [0, 0.1) is 0 Å². The highest BCUT2D eigenvalue weighted by Gasteiger charge is 2.13. The molecule has 132 valence electrons. The Morgan fingerprint density at radius 1 is 0.846 bits per heavy atom. The van der Waals surface area contributed by atoms with Gasteiger partial charge in [0.2, 0.25) is 6.54 Å². The summed E-state index contributed by atoms with van der Waals surface area (Å²) < 4.78 is 1.80. The maximum absolute atomic E-state index is 12.2. The molecule has 0 saturated heterocycles. The van der Waals surface area contributed by atoms with Gasteiger partial charge in [0.25, 0.3) is 5.91 Å². The van der Waals surface area contributed by atoms with Gasteiger partial charge in [-0.05, 0) is 29.7 Å². The van der Waals surface area contributed by atoms with Crippen LogP contribution in [0.15, 0.2) is 67.0 Å². The number of amides is 1. The molecule has 0 aliphatic rings. The summed E-state index contributed by atoms with van der Waals surface area (Å²) in [5.41, 5.74) is 2.87. The predicted molar refractivity (Wildman–Crippen MR) is 106 cm³/mol. The number of nitrogens with one attached hydrogen (secondary N) is 1. The monoisotopic (exact) mass is 405 g/mol. The van der Waals surface area contributed by atoms with Crippen molar-refractivity contribution in [2.24, 2.45) is 0 Å². The fraction of sp³-hybridized carbons (Fsp3) is 0.100. The average molecular weight is 407 g/mol. The van der Waals surface area contributed by atoms with Gasteiger partial charge >= 0.3 is 0 Å². The largest absolute Gasteiger partial charge is 0.319 e. The van der Waals surface area contributed by atoms with Crippen molar-refractivity contribution in [3.05, 3.63) is 93.2 Å². The minimum atomic E-state index is -0.203. The zero-order valence-corrected chi connectivity index (χ0v) is 16.0. The number of carbonyl (C=O) groups is 1. The minimum absolute atomic E-state index is 0.169. The van der Waals surface area contributed by atoms with Crippen molar-refractivity contribution in [1.82, 2.24) is 0 Å². The highest BCUT2D eigenvalue weighted by Crippen LogP contribution is 2.32. The number of benzene rings is 2. The number of carbonyl (C=O) groups excluding carboxylic acids is 1. The lowest BCUT2D eigenvalue weighted by molar-refractivity contribution is -0.684.